The number of nitrogens with zero attached hydrogens (tertiary/aromatic N) is 2. The molecule has 0 radical (unpaired) electrons. The number of likely N-dealkylation sites (tertiary alicyclic amines) is 1. The van der Waals surface area contributed by atoms with E-state index in [0.29, 0.717) is 11.6 Å². The molecule has 1 heterocycles. The number of piperidine rings is 1. The maximum Gasteiger partial charge on any atom is 0.240 e. The van der Waals surface area contributed by atoms with Crippen molar-refractivity contribution in [2.45, 2.75) is 12.8 Å². The average Bonchev–Trinajstić information content (AvgIpc) is 2.40. The topological polar surface area (TPSA) is 41.9 Å². The third kappa shape index (κ3) is 3.69. The van der Waals surface area contributed by atoms with Gasteiger partial charge in [0.05, 0.1) is 12.3 Å². The normalized spacial score (nSPS) is 17.2. The van der Waals surface area contributed by atoms with Gasteiger partial charge < -0.3 is 9.64 Å². The van der Waals surface area contributed by atoms with E-state index in [2.05, 4.69) is 16.9 Å². The van der Waals surface area contributed by atoms with Gasteiger partial charge in [0.15, 0.2) is 0 Å². The van der Waals surface area contributed by atoms with Crippen molar-refractivity contribution in [1.82, 2.24) is 4.90 Å². The maximum absolute atomic E-state index is 10.1. The lowest BCUT2D eigenvalue weighted by molar-refractivity contribution is 0.160. The van der Waals surface area contributed by atoms with Gasteiger partial charge >= 0.3 is 0 Å². The van der Waals surface area contributed by atoms with Crippen LogP contribution in [0.15, 0.2) is 29.3 Å². The quantitative estimate of drug-likeness (QED) is 0.605. The Kier molecular flexibility index (Phi) is 4.51. The molecule has 1 aliphatic heterocycles. The van der Waals surface area contributed by atoms with Crippen molar-refractivity contribution in [2.24, 2.45) is 10.9 Å². The first-order valence-corrected chi connectivity index (χ1v) is 6.27. The van der Waals surface area contributed by atoms with Crippen molar-refractivity contribution in [3.8, 4) is 5.75 Å². The largest absolute Gasteiger partial charge is 0.493 e. The molecule has 0 amide bonds. The molecule has 0 N–H and O–H groups in total. The minimum Gasteiger partial charge on any atom is -0.493 e. The molecule has 0 saturated carbocycles. The molecule has 0 aliphatic carbocycles. The van der Waals surface area contributed by atoms with Crippen LogP contribution in [0.4, 0.5) is 5.69 Å². The molecule has 18 heavy (non-hydrogen) atoms. The van der Waals surface area contributed by atoms with Crippen molar-refractivity contribution in [1.29, 1.82) is 0 Å². The van der Waals surface area contributed by atoms with Gasteiger partial charge in [-0.05, 0) is 63.2 Å². The Hall–Kier alpha value is -1.64. The van der Waals surface area contributed by atoms with Crippen LogP contribution in [0, 0.1) is 5.92 Å². The number of benzene rings is 1. The first-order chi connectivity index (χ1) is 8.78. The second-order valence-corrected chi connectivity index (χ2v) is 4.75. The fourth-order valence-electron chi connectivity index (χ4n) is 2.11. The van der Waals surface area contributed by atoms with Crippen molar-refractivity contribution >= 4 is 11.8 Å². The summed E-state index contributed by atoms with van der Waals surface area (Å²) in [6.07, 6.45) is 3.92. The van der Waals surface area contributed by atoms with E-state index in [0.717, 1.165) is 25.4 Å². The highest BCUT2D eigenvalue weighted by atomic mass is 16.5. The molecule has 1 aromatic rings. The predicted octanol–water partition coefficient (Wildman–Crippen LogP) is 2.37. The number of rotatable bonds is 4. The number of aliphatic imine (C=N–C) groups is 1. The molecule has 1 aromatic carbocycles. The van der Waals surface area contributed by atoms with E-state index in [1.807, 2.05) is 12.1 Å². The van der Waals surface area contributed by atoms with Gasteiger partial charge in [-0.2, -0.15) is 4.99 Å². The van der Waals surface area contributed by atoms with Gasteiger partial charge in [0, 0.05) is 0 Å². The number of ether oxygens (including phenoxy) is 1. The Morgan fingerprint density at radius 1 is 1.33 bits per heavy atom. The predicted molar refractivity (Wildman–Crippen MR) is 69.9 cm³/mol. The molecule has 0 bridgehead atoms. The fourth-order valence-corrected chi connectivity index (χ4v) is 2.11. The first-order valence-electron chi connectivity index (χ1n) is 6.27. The summed E-state index contributed by atoms with van der Waals surface area (Å²) in [5, 5.41) is 0. The van der Waals surface area contributed by atoms with Crippen LogP contribution in [0.3, 0.4) is 0 Å². The number of isocyanates is 1. The van der Waals surface area contributed by atoms with Crippen molar-refractivity contribution < 1.29 is 9.53 Å². The fraction of sp³-hybridized carbons (Fsp3) is 0.500. The van der Waals surface area contributed by atoms with E-state index in [1.165, 1.54) is 18.9 Å². The van der Waals surface area contributed by atoms with Gasteiger partial charge in [0.25, 0.3) is 0 Å². The molecular formula is C14H18N2O2. The SMILES string of the molecule is CN1CCC(COc2ccc(N=C=O)cc2)CC1. The number of hydrogen-bond acceptors (Lipinski definition) is 4. The molecule has 0 unspecified atom stereocenters. The van der Waals surface area contributed by atoms with Crippen LogP contribution in [-0.2, 0) is 4.79 Å². The monoisotopic (exact) mass is 246 g/mol. The highest BCUT2D eigenvalue weighted by Gasteiger charge is 2.16. The Morgan fingerprint density at radius 2 is 2.00 bits per heavy atom. The van der Waals surface area contributed by atoms with Crippen LogP contribution < -0.4 is 4.74 Å². The van der Waals surface area contributed by atoms with Gasteiger partial charge in [-0.3, -0.25) is 0 Å². The molecular weight excluding hydrogens is 228 g/mol. The molecule has 0 atom stereocenters. The van der Waals surface area contributed by atoms with Crippen LogP contribution in [-0.4, -0.2) is 37.7 Å². The zero-order valence-electron chi connectivity index (χ0n) is 10.6. The maximum atomic E-state index is 10.1. The van der Waals surface area contributed by atoms with E-state index in [4.69, 9.17) is 4.74 Å². The van der Waals surface area contributed by atoms with Crippen molar-refractivity contribution in [3.05, 3.63) is 24.3 Å². The third-order valence-corrected chi connectivity index (χ3v) is 3.34. The zero-order chi connectivity index (χ0) is 12.8. The van der Waals surface area contributed by atoms with Crippen molar-refractivity contribution in [3.63, 3.8) is 0 Å². The summed E-state index contributed by atoms with van der Waals surface area (Å²) in [6, 6.07) is 7.19. The van der Waals surface area contributed by atoms with Crippen LogP contribution in [0.2, 0.25) is 0 Å². The van der Waals surface area contributed by atoms with E-state index >= 15 is 0 Å². The van der Waals surface area contributed by atoms with Gasteiger partial charge in [-0.1, -0.05) is 0 Å². The van der Waals surface area contributed by atoms with Gasteiger partial charge in [-0.25, -0.2) is 4.79 Å². The minimum absolute atomic E-state index is 0.608. The summed E-state index contributed by atoms with van der Waals surface area (Å²) >= 11 is 0. The van der Waals surface area contributed by atoms with Gasteiger partial charge in [0.1, 0.15) is 5.75 Å². The summed E-state index contributed by atoms with van der Waals surface area (Å²) in [5.74, 6) is 1.48. The lowest BCUT2D eigenvalue weighted by atomic mass is 9.98. The average molecular weight is 246 g/mol. The molecule has 1 aliphatic rings. The molecule has 96 valence electrons. The lowest BCUT2D eigenvalue weighted by Crippen LogP contribution is -2.32. The van der Waals surface area contributed by atoms with Crippen molar-refractivity contribution in [2.75, 3.05) is 26.7 Å². The zero-order valence-corrected chi connectivity index (χ0v) is 10.6. The molecule has 4 heteroatoms. The third-order valence-electron chi connectivity index (χ3n) is 3.34. The van der Waals surface area contributed by atoms with E-state index in [1.54, 1.807) is 12.1 Å². The Balaban J connectivity index is 1.81. The molecule has 1 saturated heterocycles. The van der Waals surface area contributed by atoms with E-state index in [-0.39, 0.29) is 0 Å². The molecule has 4 nitrogen and oxygen atoms in total. The molecule has 1 fully saturated rings. The Bertz CT molecular complexity index is 416. The van der Waals surface area contributed by atoms with Gasteiger partial charge in [-0.15, -0.1) is 0 Å². The van der Waals surface area contributed by atoms with Crippen LogP contribution in [0.25, 0.3) is 0 Å². The summed E-state index contributed by atoms with van der Waals surface area (Å²) < 4.78 is 5.76. The first kappa shape index (κ1) is 12.8. The summed E-state index contributed by atoms with van der Waals surface area (Å²) in [7, 11) is 2.16. The number of carbonyl (C=O) groups excluding carboxylic acids is 1. The smallest absolute Gasteiger partial charge is 0.240 e. The Morgan fingerprint density at radius 3 is 2.61 bits per heavy atom. The molecule has 0 aromatic heterocycles. The van der Waals surface area contributed by atoms with Crippen LogP contribution in [0.5, 0.6) is 5.75 Å². The molecule has 2 rings (SSSR count). The van der Waals surface area contributed by atoms with Crippen LogP contribution in [0.1, 0.15) is 12.8 Å². The van der Waals surface area contributed by atoms with Gasteiger partial charge in [0.2, 0.25) is 6.08 Å². The standard InChI is InChI=1S/C14H18N2O2/c1-16-8-6-12(7-9-16)10-18-14-4-2-13(3-5-14)15-11-17/h2-5,12H,6-10H2,1H3. The van der Waals surface area contributed by atoms with E-state index in [9.17, 15) is 4.79 Å². The van der Waals surface area contributed by atoms with Crippen LogP contribution >= 0.6 is 0 Å². The lowest BCUT2D eigenvalue weighted by Gasteiger charge is -2.28. The minimum atomic E-state index is 0.608. The molecule has 0 spiro atoms. The summed E-state index contributed by atoms with van der Waals surface area (Å²) in [5.41, 5.74) is 0.608. The number of hydrogen-bond donors (Lipinski definition) is 0. The second kappa shape index (κ2) is 6.34. The highest BCUT2D eigenvalue weighted by molar-refractivity contribution is 5.49. The summed E-state index contributed by atoms with van der Waals surface area (Å²) in [6.45, 7) is 3.08. The Labute approximate surface area is 107 Å². The van der Waals surface area contributed by atoms with E-state index < -0.39 is 0 Å². The second-order valence-electron chi connectivity index (χ2n) is 4.75. The highest BCUT2D eigenvalue weighted by Crippen LogP contribution is 2.21. The summed E-state index contributed by atoms with van der Waals surface area (Å²) in [4.78, 5) is 16.0.